The highest BCUT2D eigenvalue weighted by atomic mass is 35.5. The summed E-state index contributed by atoms with van der Waals surface area (Å²) >= 11 is 12.1. The van der Waals surface area contributed by atoms with Crippen molar-refractivity contribution >= 4 is 34.6 Å². The Morgan fingerprint density at radius 3 is 2.45 bits per heavy atom. The van der Waals surface area contributed by atoms with Crippen molar-refractivity contribution in [2.75, 3.05) is 5.32 Å². The molecule has 102 valence electrons. The van der Waals surface area contributed by atoms with Crippen LogP contribution in [0.5, 0.6) is 0 Å². The summed E-state index contributed by atoms with van der Waals surface area (Å²) < 4.78 is 27.4. The summed E-state index contributed by atoms with van der Waals surface area (Å²) in [5, 5.41) is 11.9. The topological polar surface area (TPSA) is 35.8 Å². The van der Waals surface area contributed by atoms with E-state index in [1.165, 1.54) is 12.1 Å². The van der Waals surface area contributed by atoms with E-state index in [1.807, 2.05) is 0 Å². The molecular formula is C14H8Cl2F2N2. The van der Waals surface area contributed by atoms with Crippen LogP contribution in [0.3, 0.4) is 0 Å². The Morgan fingerprint density at radius 1 is 1.10 bits per heavy atom. The molecule has 0 saturated heterocycles. The molecule has 0 aliphatic rings. The fraction of sp³-hybridized carbons (Fsp3) is 0.0714. The van der Waals surface area contributed by atoms with Crippen molar-refractivity contribution in [3.63, 3.8) is 0 Å². The van der Waals surface area contributed by atoms with E-state index < -0.39 is 11.6 Å². The Hall–Kier alpha value is -1.83. The third-order valence-corrected chi connectivity index (χ3v) is 3.55. The lowest BCUT2D eigenvalue weighted by Gasteiger charge is -2.13. The molecule has 0 atom stereocenters. The van der Waals surface area contributed by atoms with Gasteiger partial charge in [-0.3, -0.25) is 0 Å². The van der Waals surface area contributed by atoms with Crippen molar-refractivity contribution in [1.82, 2.24) is 0 Å². The summed E-state index contributed by atoms with van der Waals surface area (Å²) in [6, 6.07) is 7.31. The average Bonchev–Trinajstić information content (AvgIpc) is 2.44. The summed E-state index contributed by atoms with van der Waals surface area (Å²) in [5.41, 5.74) is 0.523. The highest BCUT2D eigenvalue weighted by Crippen LogP contribution is 2.36. The van der Waals surface area contributed by atoms with Gasteiger partial charge in [-0.2, -0.15) is 5.26 Å². The highest BCUT2D eigenvalue weighted by molar-refractivity contribution is 6.39. The summed E-state index contributed by atoms with van der Waals surface area (Å²) in [6.07, 6.45) is 0. The van der Waals surface area contributed by atoms with Crippen molar-refractivity contribution in [1.29, 1.82) is 5.26 Å². The van der Waals surface area contributed by atoms with Crippen LogP contribution >= 0.6 is 23.2 Å². The smallest absolute Gasteiger partial charge is 0.183 e. The fourth-order valence-corrected chi connectivity index (χ4v) is 2.10. The molecule has 1 N–H and O–H groups in total. The molecule has 0 fully saturated rings. The molecule has 2 aromatic carbocycles. The van der Waals surface area contributed by atoms with Gasteiger partial charge in [0.15, 0.2) is 11.6 Å². The number of nitrogens with one attached hydrogen (secondary N) is 1. The second-order valence-corrected chi connectivity index (χ2v) is 4.86. The second-order valence-electron chi connectivity index (χ2n) is 4.08. The first-order chi connectivity index (χ1) is 9.45. The molecule has 0 heterocycles. The van der Waals surface area contributed by atoms with Gasteiger partial charge in [0.25, 0.3) is 0 Å². The quantitative estimate of drug-likeness (QED) is 0.827. The minimum Gasteiger partial charge on any atom is -0.351 e. The maximum Gasteiger partial charge on any atom is 0.183 e. The molecule has 0 saturated carbocycles. The van der Waals surface area contributed by atoms with Crippen LogP contribution in [-0.4, -0.2) is 0 Å². The maximum atomic E-state index is 13.8. The van der Waals surface area contributed by atoms with E-state index in [-0.39, 0.29) is 22.0 Å². The van der Waals surface area contributed by atoms with Crippen LogP contribution in [0, 0.1) is 29.9 Å². The zero-order valence-corrected chi connectivity index (χ0v) is 11.8. The Bertz CT molecular complexity index is 724. The van der Waals surface area contributed by atoms with Crippen molar-refractivity contribution in [3.05, 3.63) is 57.1 Å². The number of nitrogens with zero attached hydrogens (tertiary/aromatic N) is 1. The third-order valence-electron chi connectivity index (χ3n) is 2.75. The van der Waals surface area contributed by atoms with Crippen LogP contribution in [0.2, 0.25) is 10.0 Å². The van der Waals surface area contributed by atoms with Crippen LogP contribution < -0.4 is 5.32 Å². The minimum absolute atomic E-state index is 0.143. The standard InChI is InChI=1S/C14H8Cl2F2N2/c1-7-2-4-9(15)14(11(7)16)20-10-5-3-8(6-19)12(17)13(10)18/h2-5,20H,1H3. The van der Waals surface area contributed by atoms with E-state index in [0.717, 1.165) is 5.56 Å². The molecule has 0 spiro atoms. The second kappa shape index (κ2) is 5.66. The monoisotopic (exact) mass is 312 g/mol. The minimum atomic E-state index is -1.21. The zero-order chi connectivity index (χ0) is 14.9. The number of hydrogen-bond donors (Lipinski definition) is 1. The van der Waals surface area contributed by atoms with E-state index in [9.17, 15) is 8.78 Å². The number of hydrogen-bond acceptors (Lipinski definition) is 2. The Kier molecular flexibility index (Phi) is 4.12. The van der Waals surface area contributed by atoms with Crippen molar-refractivity contribution < 1.29 is 8.78 Å². The summed E-state index contributed by atoms with van der Waals surface area (Å²) in [6.45, 7) is 1.76. The summed E-state index contributed by atoms with van der Waals surface area (Å²) in [4.78, 5) is 0. The fourth-order valence-electron chi connectivity index (χ4n) is 1.64. The van der Waals surface area contributed by atoms with Gasteiger partial charge in [0.1, 0.15) is 6.07 Å². The number of anilines is 2. The van der Waals surface area contributed by atoms with Gasteiger partial charge in [0, 0.05) is 0 Å². The predicted octanol–water partition coefficient (Wildman–Crippen LogP) is 5.20. The van der Waals surface area contributed by atoms with Crippen molar-refractivity contribution in [2.24, 2.45) is 0 Å². The van der Waals surface area contributed by atoms with Crippen LogP contribution in [-0.2, 0) is 0 Å². The molecule has 0 radical (unpaired) electrons. The average molecular weight is 313 g/mol. The molecule has 0 aliphatic carbocycles. The van der Waals surface area contributed by atoms with Gasteiger partial charge >= 0.3 is 0 Å². The number of aryl methyl sites for hydroxylation is 1. The number of benzene rings is 2. The number of rotatable bonds is 2. The first kappa shape index (κ1) is 14.6. The van der Waals surface area contributed by atoms with Gasteiger partial charge in [0.2, 0.25) is 0 Å². The van der Waals surface area contributed by atoms with Gasteiger partial charge in [-0.1, -0.05) is 29.3 Å². The van der Waals surface area contributed by atoms with Gasteiger partial charge in [-0.15, -0.1) is 0 Å². The van der Waals surface area contributed by atoms with Crippen LogP contribution in [0.1, 0.15) is 11.1 Å². The van der Waals surface area contributed by atoms with Gasteiger partial charge in [0.05, 0.1) is 27.0 Å². The molecule has 6 heteroatoms. The third kappa shape index (κ3) is 2.55. The lowest BCUT2D eigenvalue weighted by atomic mass is 10.1. The summed E-state index contributed by atoms with van der Waals surface area (Å²) in [7, 11) is 0. The van der Waals surface area contributed by atoms with Gasteiger partial charge < -0.3 is 5.32 Å². The van der Waals surface area contributed by atoms with Crippen molar-refractivity contribution in [3.8, 4) is 6.07 Å². The van der Waals surface area contributed by atoms with Crippen molar-refractivity contribution in [2.45, 2.75) is 6.92 Å². The van der Waals surface area contributed by atoms with E-state index in [0.29, 0.717) is 5.02 Å². The normalized spacial score (nSPS) is 10.2. The molecule has 2 rings (SSSR count). The number of halogens is 4. The Morgan fingerprint density at radius 2 is 1.80 bits per heavy atom. The number of nitriles is 1. The SMILES string of the molecule is Cc1ccc(Cl)c(Nc2ccc(C#N)c(F)c2F)c1Cl. The van der Waals surface area contributed by atoms with E-state index in [1.54, 1.807) is 25.1 Å². The van der Waals surface area contributed by atoms with Gasteiger partial charge in [-0.25, -0.2) is 8.78 Å². The van der Waals surface area contributed by atoms with E-state index in [4.69, 9.17) is 28.5 Å². The molecule has 0 aromatic heterocycles. The van der Waals surface area contributed by atoms with Crippen LogP contribution in [0.4, 0.5) is 20.2 Å². The van der Waals surface area contributed by atoms with E-state index in [2.05, 4.69) is 5.32 Å². The molecule has 2 nitrogen and oxygen atoms in total. The zero-order valence-electron chi connectivity index (χ0n) is 10.3. The molecule has 0 aliphatic heterocycles. The molecule has 0 bridgehead atoms. The van der Waals surface area contributed by atoms with Gasteiger partial charge in [-0.05, 0) is 30.7 Å². The molecule has 0 unspecified atom stereocenters. The van der Waals surface area contributed by atoms with Crippen LogP contribution in [0.25, 0.3) is 0 Å². The lowest BCUT2D eigenvalue weighted by molar-refractivity contribution is 0.509. The van der Waals surface area contributed by atoms with Crippen LogP contribution in [0.15, 0.2) is 24.3 Å². The molecule has 2 aromatic rings. The molecule has 0 amide bonds. The Balaban J connectivity index is 2.49. The predicted molar refractivity (Wildman–Crippen MR) is 75.6 cm³/mol. The van der Waals surface area contributed by atoms with E-state index >= 15 is 0 Å². The maximum absolute atomic E-state index is 13.8. The highest BCUT2D eigenvalue weighted by Gasteiger charge is 2.16. The molecular weight excluding hydrogens is 305 g/mol. The summed E-state index contributed by atoms with van der Waals surface area (Å²) in [5.74, 6) is -2.37. The largest absolute Gasteiger partial charge is 0.351 e. The molecule has 20 heavy (non-hydrogen) atoms. The first-order valence-corrected chi connectivity index (χ1v) is 6.31. The lowest BCUT2D eigenvalue weighted by Crippen LogP contribution is -2.00. The first-order valence-electron chi connectivity index (χ1n) is 5.55. The Labute approximate surface area is 124 Å².